The van der Waals surface area contributed by atoms with Gasteiger partial charge in [0.25, 0.3) is 5.91 Å². The van der Waals surface area contributed by atoms with Crippen molar-refractivity contribution in [2.45, 2.75) is 0 Å². The Balaban J connectivity index is 1.32. The van der Waals surface area contributed by atoms with Crippen LogP contribution in [0.25, 0.3) is 22.0 Å². The first kappa shape index (κ1) is 19.2. The molecule has 0 unspecified atom stereocenters. The zero-order chi connectivity index (χ0) is 21.4. The van der Waals surface area contributed by atoms with E-state index in [1.807, 2.05) is 53.4 Å². The fraction of sp³-hybridized carbons (Fsp3) is 0.250. The van der Waals surface area contributed by atoms with Crippen molar-refractivity contribution in [3.8, 4) is 11.5 Å². The molecule has 2 aromatic carbocycles. The van der Waals surface area contributed by atoms with Crippen molar-refractivity contribution in [3.63, 3.8) is 0 Å². The Morgan fingerprint density at radius 2 is 1.58 bits per heavy atom. The van der Waals surface area contributed by atoms with Crippen molar-refractivity contribution in [2.24, 2.45) is 0 Å². The third-order valence-corrected chi connectivity index (χ3v) is 5.73. The minimum atomic E-state index is -0.103. The van der Waals surface area contributed by atoms with Crippen molar-refractivity contribution in [1.82, 2.24) is 9.88 Å². The quantitative estimate of drug-likeness (QED) is 0.501. The lowest BCUT2D eigenvalue weighted by Crippen LogP contribution is -2.48. The maximum atomic E-state index is 13.0. The summed E-state index contributed by atoms with van der Waals surface area (Å²) in [6.07, 6.45) is 0. The number of nitrogens with zero attached hydrogens (tertiary/aromatic N) is 3. The van der Waals surface area contributed by atoms with Crippen LogP contribution in [0.15, 0.2) is 59.0 Å². The van der Waals surface area contributed by atoms with Crippen LogP contribution in [0.2, 0.25) is 0 Å². The van der Waals surface area contributed by atoms with Crippen molar-refractivity contribution in [2.75, 3.05) is 45.3 Å². The van der Waals surface area contributed by atoms with E-state index >= 15 is 0 Å². The topological polar surface area (TPSA) is 68.0 Å². The average molecular weight is 417 g/mol. The van der Waals surface area contributed by atoms with E-state index in [0.29, 0.717) is 24.6 Å². The van der Waals surface area contributed by atoms with Crippen molar-refractivity contribution in [3.05, 3.63) is 60.4 Å². The van der Waals surface area contributed by atoms with E-state index in [1.165, 1.54) is 0 Å². The zero-order valence-electron chi connectivity index (χ0n) is 17.5. The molecule has 1 saturated heterocycles. The highest BCUT2D eigenvalue weighted by Crippen LogP contribution is 2.27. The van der Waals surface area contributed by atoms with Crippen LogP contribution in [0.1, 0.15) is 10.6 Å². The van der Waals surface area contributed by atoms with Gasteiger partial charge in [0.2, 0.25) is 5.71 Å². The Morgan fingerprint density at radius 1 is 0.871 bits per heavy atom. The molecule has 0 aliphatic carbocycles. The number of ether oxygens (including phenoxy) is 2. The molecule has 7 heteroatoms. The third-order valence-electron chi connectivity index (χ3n) is 5.73. The molecule has 31 heavy (non-hydrogen) atoms. The average Bonchev–Trinajstić information content (AvgIpc) is 3.24. The molecule has 1 aliphatic rings. The molecular weight excluding hydrogens is 394 g/mol. The number of amides is 1. The number of piperazine rings is 1. The Labute approximate surface area is 179 Å². The van der Waals surface area contributed by atoms with Gasteiger partial charge in [-0.05, 0) is 48.5 Å². The first-order valence-electron chi connectivity index (χ1n) is 10.2. The summed E-state index contributed by atoms with van der Waals surface area (Å²) in [6, 6.07) is 17.5. The molecule has 0 radical (unpaired) electrons. The lowest BCUT2D eigenvalue weighted by Gasteiger charge is -2.35. The maximum Gasteiger partial charge on any atom is 0.289 e. The molecule has 1 fully saturated rings. The van der Waals surface area contributed by atoms with Gasteiger partial charge in [-0.3, -0.25) is 4.79 Å². The summed E-state index contributed by atoms with van der Waals surface area (Å²) in [6.45, 7) is 2.80. The second-order valence-corrected chi connectivity index (χ2v) is 7.53. The second-order valence-electron chi connectivity index (χ2n) is 7.53. The van der Waals surface area contributed by atoms with E-state index in [4.69, 9.17) is 13.9 Å². The molecule has 0 atom stereocenters. The number of rotatable bonds is 4. The van der Waals surface area contributed by atoms with Gasteiger partial charge in [-0.2, -0.15) is 0 Å². The highest BCUT2D eigenvalue weighted by molar-refractivity contribution is 5.98. The van der Waals surface area contributed by atoms with Gasteiger partial charge in [0.1, 0.15) is 11.5 Å². The van der Waals surface area contributed by atoms with Crippen LogP contribution >= 0.6 is 0 Å². The van der Waals surface area contributed by atoms with E-state index in [2.05, 4.69) is 9.88 Å². The van der Waals surface area contributed by atoms with Crippen LogP contribution in [0.5, 0.6) is 11.5 Å². The summed E-state index contributed by atoms with van der Waals surface area (Å²) in [5.41, 5.74) is 2.36. The largest absolute Gasteiger partial charge is 0.497 e. The number of anilines is 1. The standard InChI is InChI=1S/C24H23N3O4/c1-29-19-7-4-18(5-8-19)26-9-11-27(12-10-26)24(28)22-14-17-13-16-3-6-20(30-2)15-21(16)25-23(17)31-22/h3-8,13-15H,9-12H2,1-2H3. The molecule has 5 rings (SSSR count). The number of aromatic nitrogens is 1. The van der Waals surface area contributed by atoms with Gasteiger partial charge in [0, 0.05) is 48.7 Å². The van der Waals surface area contributed by atoms with Crippen LogP contribution in [-0.4, -0.2) is 56.2 Å². The number of benzene rings is 2. The first-order chi connectivity index (χ1) is 15.1. The SMILES string of the molecule is COc1ccc(N2CCN(C(=O)c3cc4cc5ccc(OC)cc5nc4o3)CC2)cc1. The van der Waals surface area contributed by atoms with Crippen molar-refractivity contribution >= 4 is 33.6 Å². The minimum Gasteiger partial charge on any atom is -0.497 e. The number of carbonyl (C=O) groups excluding carboxylic acids is 1. The molecular formula is C24H23N3O4. The van der Waals surface area contributed by atoms with E-state index < -0.39 is 0 Å². The number of carbonyl (C=O) groups is 1. The number of hydrogen-bond donors (Lipinski definition) is 0. The van der Waals surface area contributed by atoms with E-state index in [0.717, 1.165) is 46.6 Å². The maximum absolute atomic E-state index is 13.0. The lowest BCUT2D eigenvalue weighted by atomic mass is 10.2. The molecule has 0 N–H and O–H groups in total. The number of pyridine rings is 1. The summed E-state index contributed by atoms with van der Waals surface area (Å²) in [5, 5.41) is 1.79. The molecule has 3 heterocycles. The minimum absolute atomic E-state index is 0.103. The lowest BCUT2D eigenvalue weighted by molar-refractivity contribution is 0.0717. The molecule has 0 bridgehead atoms. The highest BCUT2D eigenvalue weighted by Gasteiger charge is 2.25. The molecule has 158 valence electrons. The number of hydrogen-bond acceptors (Lipinski definition) is 6. The molecule has 4 aromatic rings. The highest BCUT2D eigenvalue weighted by atomic mass is 16.5. The summed E-state index contributed by atoms with van der Waals surface area (Å²) in [4.78, 5) is 21.7. The molecule has 2 aromatic heterocycles. The van der Waals surface area contributed by atoms with E-state index in [-0.39, 0.29) is 5.91 Å². The van der Waals surface area contributed by atoms with Gasteiger partial charge < -0.3 is 23.7 Å². The van der Waals surface area contributed by atoms with Crippen molar-refractivity contribution < 1.29 is 18.7 Å². The monoisotopic (exact) mass is 417 g/mol. The Kier molecular flexibility index (Phi) is 4.86. The number of methoxy groups -OCH3 is 2. The van der Waals surface area contributed by atoms with Gasteiger partial charge in [-0.25, -0.2) is 4.98 Å². The smallest absolute Gasteiger partial charge is 0.289 e. The molecule has 0 spiro atoms. The Hall–Kier alpha value is -3.74. The van der Waals surface area contributed by atoms with Gasteiger partial charge in [0.05, 0.1) is 19.7 Å². The van der Waals surface area contributed by atoms with Gasteiger partial charge >= 0.3 is 0 Å². The zero-order valence-corrected chi connectivity index (χ0v) is 17.5. The van der Waals surface area contributed by atoms with Gasteiger partial charge in [-0.1, -0.05) is 0 Å². The van der Waals surface area contributed by atoms with Gasteiger partial charge in [0.15, 0.2) is 5.76 Å². The Bertz CT molecular complexity index is 1240. The molecule has 1 aliphatic heterocycles. The van der Waals surface area contributed by atoms with Gasteiger partial charge in [-0.15, -0.1) is 0 Å². The molecule has 1 amide bonds. The Morgan fingerprint density at radius 3 is 2.29 bits per heavy atom. The van der Waals surface area contributed by atoms with Crippen LogP contribution in [0.3, 0.4) is 0 Å². The summed E-state index contributed by atoms with van der Waals surface area (Å²) in [5.74, 6) is 1.79. The summed E-state index contributed by atoms with van der Waals surface area (Å²) < 4.78 is 16.3. The van der Waals surface area contributed by atoms with Crippen LogP contribution in [-0.2, 0) is 0 Å². The fourth-order valence-corrected chi connectivity index (χ4v) is 3.95. The predicted octanol–water partition coefficient (Wildman–Crippen LogP) is 3.96. The summed E-state index contributed by atoms with van der Waals surface area (Å²) in [7, 11) is 3.28. The summed E-state index contributed by atoms with van der Waals surface area (Å²) >= 11 is 0. The van der Waals surface area contributed by atoms with Crippen LogP contribution in [0.4, 0.5) is 5.69 Å². The number of furan rings is 1. The van der Waals surface area contributed by atoms with E-state index in [1.54, 1.807) is 20.3 Å². The fourth-order valence-electron chi connectivity index (χ4n) is 3.95. The normalized spacial score (nSPS) is 14.3. The van der Waals surface area contributed by atoms with Crippen molar-refractivity contribution in [1.29, 1.82) is 0 Å². The van der Waals surface area contributed by atoms with E-state index in [9.17, 15) is 4.79 Å². The predicted molar refractivity (Wildman–Crippen MR) is 119 cm³/mol. The number of fused-ring (bicyclic) bond motifs is 2. The molecule has 0 saturated carbocycles. The second kappa shape index (κ2) is 7.83. The van der Waals surface area contributed by atoms with Crippen LogP contribution in [0, 0.1) is 0 Å². The van der Waals surface area contributed by atoms with Crippen LogP contribution < -0.4 is 14.4 Å². The first-order valence-corrected chi connectivity index (χ1v) is 10.2. The molecule has 7 nitrogen and oxygen atoms in total. The third kappa shape index (κ3) is 3.63.